The lowest BCUT2D eigenvalue weighted by molar-refractivity contribution is 1.07. The Morgan fingerprint density at radius 2 is 1.78 bits per heavy atom. The first kappa shape index (κ1) is 7.88. The Kier molecular flexibility index (Phi) is 3.35. The molecule has 6 N–H and O–H groups in total. The van der Waals surface area contributed by atoms with Crippen LogP contribution in [0.2, 0.25) is 0 Å². The van der Waals surface area contributed by atoms with Crippen molar-refractivity contribution in [3.8, 4) is 0 Å². The van der Waals surface area contributed by atoms with Gasteiger partial charge in [-0.25, -0.2) is 0 Å². The second-order valence-electron chi connectivity index (χ2n) is 1.76. The third-order valence-corrected chi connectivity index (χ3v) is 0.898. The molecule has 0 heterocycles. The quantitative estimate of drug-likeness (QED) is 0.457. The second kappa shape index (κ2) is 3.83. The highest BCUT2D eigenvalue weighted by atomic mass is 14.8. The Hall–Kier alpha value is -1.12. The van der Waals surface area contributed by atoms with Crippen LogP contribution in [0, 0.1) is 0 Å². The van der Waals surface area contributed by atoms with Gasteiger partial charge in [-0.2, -0.15) is 0 Å². The molecule has 0 saturated carbocycles. The molecule has 0 unspecified atom stereocenters. The molecule has 52 valence electrons. The Morgan fingerprint density at radius 3 is 2.11 bits per heavy atom. The Balaban J connectivity index is 3.83. The van der Waals surface area contributed by atoms with Gasteiger partial charge < -0.3 is 17.2 Å². The van der Waals surface area contributed by atoms with Gasteiger partial charge >= 0.3 is 0 Å². The molecule has 0 saturated heterocycles. The van der Waals surface area contributed by atoms with E-state index in [1.807, 2.05) is 6.92 Å². The van der Waals surface area contributed by atoms with Crippen molar-refractivity contribution in [3.05, 3.63) is 23.7 Å². The molecule has 0 atom stereocenters. The first-order valence-corrected chi connectivity index (χ1v) is 2.84. The Labute approximate surface area is 55.2 Å². The van der Waals surface area contributed by atoms with Crippen LogP contribution < -0.4 is 17.2 Å². The second-order valence-corrected chi connectivity index (χ2v) is 1.76. The van der Waals surface area contributed by atoms with E-state index in [-0.39, 0.29) is 5.82 Å². The molecule has 0 radical (unpaired) electrons. The van der Waals surface area contributed by atoms with Crippen LogP contribution >= 0.6 is 0 Å². The highest BCUT2D eigenvalue weighted by Crippen LogP contribution is 1.89. The maximum Gasteiger partial charge on any atom is 0.0934 e. The average Bonchev–Trinajstić information content (AvgIpc) is 1.83. The van der Waals surface area contributed by atoms with E-state index in [1.165, 1.54) is 0 Å². The van der Waals surface area contributed by atoms with Crippen molar-refractivity contribution in [2.45, 2.75) is 13.3 Å². The fourth-order valence-corrected chi connectivity index (χ4v) is 0.321. The van der Waals surface area contributed by atoms with E-state index in [1.54, 1.807) is 12.2 Å². The highest BCUT2D eigenvalue weighted by molar-refractivity contribution is 5.11. The summed E-state index contributed by atoms with van der Waals surface area (Å²) >= 11 is 0. The zero-order valence-electron chi connectivity index (χ0n) is 5.59. The molecule has 0 fully saturated rings. The van der Waals surface area contributed by atoms with Crippen molar-refractivity contribution in [3.63, 3.8) is 0 Å². The molecule has 0 aliphatic carbocycles. The molecular weight excluding hydrogens is 114 g/mol. The van der Waals surface area contributed by atoms with Gasteiger partial charge in [0.25, 0.3) is 0 Å². The predicted molar refractivity (Wildman–Crippen MR) is 39.0 cm³/mol. The molecule has 0 aliphatic rings. The molecule has 0 rings (SSSR count). The van der Waals surface area contributed by atoms with Crippen LogP contribution in [0.1, 0.15) is 13.3 Å². The summed E-state index contributed by atoms with van der Waals surface area (Å²) in [6.45, 7) is 1.96. The number of hydrogen-bond donors (Lipinski definition) is 3. The number of rotatable bonds is 2. The van der Waals surface area contributed by atoms with E-state index in [4.69, 9.17) is 17.2 Å². The summed E-state index contributed by atoms with van der Waals surface area (Å²) < 4.78 is 0. The van der Waals surface area contributed by atoms with E-state index >= 15 is 0 Å². The van der Waals surface area contributed by atoms with E-state index < -0.39 is 0 Å². The molecule has 3 nitrogen and oxygen atoms in total. The Bertz CT molecular complexity index is 131. The summed E-state index contributed by atoms with van der Waals surface area (Å²) in [7, 11) is 0. The first-order valence-electron chi connectivity index (χ1n) is 2.84. The number of allylic oxidation sites excluding steroid dienone is 3. The maximum atomic E-state index is 5.43. The van der Waals surface area contributed by atoms with Crippen LogP contribution in [0.3, 0.4) is 0 Å². The topological polar surface area (TPSA) is 78.1 Å². The van der Waals surface area contributed by atoms with Gasteiger partial charge in [0.1, 0.15) is 0 Å². The summed E-state index contributed by atoms with van der Waals surface area (Å²) in [5.74, 6) is 0.284. The van der Waals surface area contributed by atoms with Gasteiger partial charge in [0, 0.05) is 5.70 Å². The van der Waals surface area contributed by atoms with Crippen LogP contribution in [0.25, 0.3) is 0 Å². The van der Waals surface area contributed by atoms with Gasteiger partial charge in [0.05, 0.1) is 5.82 Å². The molecule has 9 heavy (non-hydrogen) atoms. The third kappa shape index (κ3) is 4.74. The SMILES string of the molecule is CC/C(N)=C/C=C(N)N. The lowest BCUT2D eigenvalue weighted by atomic mass is 10.3. The molecule has 3 heteroatoms. The van der Waals surface area contributed by atoms with E-state index in [9.17, 15) is 0 Å². The van der Waals surface area contributed by atoms with E-state index in [2.05, 4.69) is 0 Å². The van der Waals surface area contributed by atoms with Gasteiger partial charge in [-0.1, -0.05) is 6.92 Å². The standard InChI is InChI=1S/C6H13N3/c1-2-5(7)3-4-6(8)9/h3-4H,2,7-9H2,1H3/b5-3-. The van der Waals surface area contributed by atoms with Crippen LogP contribution in [-0.2, 0) is 0 Å². The summed E-state index contributed by atoms with van der Waals surface area (Å²) in [5, 5.41) is 0. The van der Waals surface area contributed by atoms with Crippen LogP contribution in [0.5, 0.6) is 0 Å². The summed E-state index contributed by atoms with van der Waals surface area (Å²) in [5.41, 5.74) is 16.5. The Morgan fingerprint density at radius 1 is 1.22 bits per heavy atom. The third-order valence-electron chi connectivity index (χ3n) is 0.898. The largest absolute Gasteiger partial charge is 0.402 e. The fraction of sp³-hybridized carbons (Fsp3) is 0.333. The normalized spacial score (nSPS) is 11.0. The van der Waals surface area contributed by atoms with Crippen molar-refractivity contribution in [1.29, 1.82) is 0 Å². The minimum atomic E-state index is 0.284. The summed E-state index contributed by atoms with van der Waals surface area (Å²) in [6.07, 6.45) is 4.11. The maximum absolute atomic E-state index is 5.43. The van der Waals surface area contributed by atoms with Crippen molar-refractivity contribution in [2.24, 2.45) is 17.2 Å². The van der Waals surface area contributed by atoms with Gasteiger partial charge in [-0.05, 0) is 18.6 Å². The predicted octanol–water partition coefficient (Wildman–Crippen LogP) is -0.00220. The van der Waals surface area contributed by atoms with Crippen LogP contribution in [0.4, 0.5) is 0 Å². The highest BCUT2D eigenvalue weighted by Gasteiger charge is 1.79. The van der Waals surface area contributed by atoms with Crippen molar-refractivity contribution < 1.29 is 0 Å². The molecule has 0 aliphatic heterocycles. The van der Waals surface area contributed by atoms with Crippen molar-refractivity contribution in [2.75, 3.05) is 0 Å². The van der Waals surface area contributed by atoms with Crippen molar-refractivity contribution in [1.82, 2.24) is 0 Å². The van der Waals surface area contributed by atoms with Crippen LogP contribution in [-0.4, -0.2) is 0 Å². The van der Waals surface area contributed by atoms with Crippen LogP contribution in [0.15, 0.2) is 23.7 Å². The number of hydrogen-bond acceptors (Lipinski definition) is 3. The van der Waals surface area contributed by atoms with E-state index in [0.717, 1.165) is 12.1 Å². The zero-order chi connectivity index (χ0) is 7.28. The average molecular weight is 127 g/mol. The smallest absolute Gasteiger partial charge is 0.0934 e. The van der Waals surface area contributed by atoms with Gasteiger partial charge in [-0.15, -0.1) is 0 Å². The number of nitrogens with two attached hydrogens (primary N) is 3. The molecule has 0 spiro atoms. The van der Waals surface area contributed by atoms with E-state index in [0.29, 0.717) is 0 Å². The minimum absolute atomic E-state index is 0.284. The van der Waals surface area contributed by atoms with Crippen molar-refractivity contribution >= 4 is 0 Å². The molecule has 0 bridgehead atoms. The fourth-order valence-electron chi connectivity index (χ4n) is 0.321. The zero-order valence-corrected chi connectivity index (χ0v) is 5.59. The monoisotopic (exact) mass is 127 g/mol. The van der Waals surface area contributed by atoms with Gasteiger partial charge in [-0.3, -0.25) is 0 Å². The summed E-state index contributed by atoms with van der Waals surface area (Å²) in [4.78, 5) is 0. The lowest BCUT2D eigenvalue weighted by Crippen LogP contribution is -2.07. The van der Waals surface area contributed by atoms with Gasteiger partial charge in [0.2, 0.25) is 0 Å². The molecular formula is C6H13N3. The molecule has 0 aromatic carbocycles. The first-order chi connectivity index (χ1) is 4.16. The molecule has 0 aromatic rings. The van der Waals surface area contributed by atoms with Gasteiger partial charge in [0.15, 0.2) is 0 Å². The summed E-state index contributed by atoms with van der Waals surface area (Å²) in [6, 6.07) is 0. The molecule has 0 amide bonds. The minimum Gasteiger partial charge on any atom is -0.402 e. The lowest BCUT2D eigenvalue weighted by Gasteiger charge is -1.90. The molecule has 0 aromatic heterocycles.